The molecule has 0 saturated carbocycles. The second-order valence-electron chi connectivity index (χ2n) is 4.96. The highest BCUT2D eigenvalue weighted by Crippen LogP contribution is 2.16. The zero-order chi connectivity index (χ0) is 16.1. The molecule has 0 atom stereocenters. The molecular weight excluding hydrogens is 290 g/mol. The van der Waals surface area contributed by atoms with E-state index in [2.05, 4.69) is 10.4 Å². The smallest absolute Gasteiger partial charge is 0.340 e. The Morgan fingerprint density at radius 1 is 1.09 bits per heavy atom. The van der Waals surface area contributed by atoms with Crippen LogP contribution in [0.5, 0.6) is 0 Å². The standard InChI is InChI=1S/C18H17N3O2/c1-19-17-10-6-5-9-16(17)18(22)23-13-14-11-12-21(20-14)15-7-3-2-4-8-15/h2-12,19H,13H2,1H3. The van der Waals surface area contributed by atoms with Gasteiger partial charge >= 0.3 is 5.97 Å². The lowest BCUT2D eigenvalue weighted by Crippen LogP contribution is -2.08. The van der Waals surface area contributed by atoms with Crippen molar-refractivity contribution >= 4 is 11.7 Å². The van der Waals surface area contributed by atoms with Crippen molar-refractivity contribution in [3.8, 4) is 5.69 Å². The van der Waals surface area contributed by atoms with Crippen molar-refractivity contribution in [1.29, 1.82) is 0 Å². The fourth-order valence-electron chi connectivity index (χ4n) is 2.26. The number of esters is 1. The SMILES string of the molecule is CNc1ccccc1C(=O)OCc1ccn(-c2ccccc2)n1. The van der Waals surface area contributed by atoms with E-state index in [1.165, 1.54) is 0 Å². The first-order valence-corrected chi connectivity index (χ1v) is 7.32. The Bertz CT molecular complexity index is 797. The van der Waals surface area contributed by atoms with Gasteiger partial charge in [-0.05, 0) is 30.3 Å². The van der Waals surface area contributed by atoms with Crippen LogP contribution in [-0.2, 0) is 11.3 Å². The fourth-order valence-corrected chi connectivity index (χ4v) is 2.26. The molecule has 5 heteroatoms. The number of para-hydroxylation sites is 2. The molecule has 5 nitrogen and oxygen atoms in total. The van der Waals surface area contributed by atoms with Crippen molar-refractivity contribution in [2.24, 2.45) is 0 Å². The molecule has 3 aromatic rings. The van der Waals surface area contributed by atoms with E-state index < -0.39 is 0 Å². The first-order chi connectivity index (χ1) is 11.3. The summed E-state index contributed by atoms with van der Waals surface area (Å²) in [6.45, 7) is 0.136. The number of ether oxygens (including phenoxy) is 1. The van der Waals surface area contributed by atoms with E-state index in [-0.39, 0.29) is 12.6 Å². The predicted molar refractivity (Wildman–Crippen MR) is 88.7 cm³/mol. The molecule has 1 aromatic heterocycles. The molecule has 1 N–H and O–H groups in total. The lowest BCUT2D eigenvalue weighted by molar-refractivity contribution is 0.0468. The first kappa shape index (κ1) is 14.8. The van der Waals surface area contributed by atoms with Gasteiger partial charge in [-0.1, -0.05) is 30.3 Å². The van der Waals surface area contributed by atoms with E-state index in [0.29, 0.717) is 11.3 Å². The number of benzene rings is 2. The van der Waals surface area contributed by atoms with Crippen molar-refractivity contribution in [2.75, 3.05) is 12.4 Å². The summed E-state index contributed by atoms with van der Waals surface area (Å²) in [4.78, 5) is 12.2. The molecule has 116 valence electrons. The van der Waals surface area contributed by atoms with Crippen LogP contribution >= 0.6 is 0 Å². The van der Waals surface area contributed by atoms with E-state index in [0.717, 1.165) is 11.4 Å². The highest BCUT2D eigenvalue weighted by atomic mass is 16.5. The molecule has 0 aliphatic carbocycles. The molecule has 0 aliphatic heterocycles. The predicted octanol–water partition coefficient (Wildman–Crippen LogP) is 3.27. The van der Waals surface area contributed by atoms with Gasteiger partial charge < -0.3 is 10.1 Å². The van der Waals surface area contributed by atoms with Crippen LogP contribution in [0.1, 0.15) is 16.1 Å². The zero-order valence-corrected chi connectivity index (χ0v) is 12.8. The lowest BCUT2D eigenvalue weighted by atomic mass is 10.2. The van der Waals surface area contributed by atoms with Gasteiger partial charge in [0.05, 0.1) is 11.3 Å². The van der Waals surface area contributed by atoms with E-state index in [1.807, 2.05) is 60.8 Å². The number of rotatable bonds is 5. The molecule has 0 bridgehead atoms. The number of carbonyl (C=O) groups is 1. The summed E-state index contributed by atoms with van der Waals surface area (Å²) in [7, 11) is 1.77. The minimum atomic E-state index is -0.371. The van der Waals surface area contributed by atoms with E-state index >= 15 is 0 Å². The molecule has 0 fully saturated rings. The van der Waals surface area contributed by atoms with Crippen LogP contribution in [0, 0.1) is 0 Å². The maximum absolute atomic E-state index is 12.2. The number of carbonyl (C=O) groups excluding carboxylic acids is 1. The Balaban J connectivity index is 1.67. The van der Waals surface area contributed by atoms with Crippen LogP contribution in [0.4, 0.5) is 5.69 Å². The topological polar surface area (TPSA) is 56.1 Å². The Morgan fingerprint density at radius 2 is 1.83 bits per heavy atom. The van der Waals surface area contributed by atoms with Crippen molar-refractivity contribution in [1.82, 2.24) is 9.78 Å². The third kappa shape index (κ3) is 3.40. The van der Waals surface area contributed by atoms with E-state index in [9.17, 15) is 4.79 Å². The first-order valence-electron chi connectivity index (χ1n) is 7.32. The van der Waals surface area contributed by atoms with Gasteiger partial charge in [0.25, 0.3) is 0 Å². The molecular formula is C18H17N3O2. The van der Waals surface area contributed by atoms with Crippen LogP contribution < -0.4 is 5.32 Å². The van der Waals surface area contributed by atoms with Gasteiger partial charge in [-0.2, -0.15) is 5.10 Å². The van der Waals surface area contributed by atoms with Crippen molar-refractivity contribution in [3.63, 3.8) is 0 Å². The monoisotopic (exact) mass is 307 g/mol. The average Bonchev–Trinajstić information content (AvgIpc) is 3.09. The number of hydrogen-bond donors (Lipinski definition) is 1. The maximum Gasteiger partial charge on any atom is 0.340 e. The third-order valence-corrected chi connectivity index (χ3v) is 3.43. The van der Waals surface area contributed by atoms with Gasteiger partial charge in [-0.3, -0.25) is 0 Å². The number of aromatic nitrogens is 2. The third-order valence-electron chi connectivity index (χ3n) is 3.43. The zero-order valence-electron chi connectivity index (χ0n) is 12.8. The summed E-state index contributed by atoms with van der Waals surface area (Å²) >= 11 is 0. The largest absolute Gasteiger partial charge is 0.455 e. The summed E-state index contributed by atoms with van der Waals surface area (Å²) in [5, 5.41) is 7.39. The number of nitrogens with zero attached hydrogens (tertiary/aromatic N) is 2. The van der Waals surface area contributed by atoms with Gasteiger partial charge in [0.15, 0.2) is 0 Å². The van der Waals surface area contributed by atoms with Gasteiger partial charge in [0.1, 0.15) is 12.3 Å². The average molecular weight is 307 g/mol. The number of anilines is 1. The minimum absolute atomic E-state index is 0.136. The highest BCUT2D eigenvalue weighted by Gasteiger charge is 2.12. The van der Waals surface area contributed by atoms with Gasteiger partial charge in [0.2, 0.25) is 0 Å². The lowest BCUT2D eigenvalue weighted by Gasteiger charge is -2.08. The molecule has 3 rings (SSSR count). The molecule has 0 radical (unpaired) electrons. The molecule has 0 aliphatic rings. The summed E-state index contributed by atoms with van der Waals surface area (Å²) in [5.41, 5.74) is 2.92. The Morgan fingerprint density at radius 3 is 2.61 bits per heavy atom. The summed E-state index contributed by atoms with van der Waals surface area (Å²) in [6.07, 6.45) is 1.85. The van der Waals surface area contributed by atoms with E-state index in [1.54, 1.807) is 17.8 Å². The molecule has 0 amide bonds. The number of nitrogens with one attached hydrogen (secondary N) is 1. The fraction of sp³-hybridized carbons (Fsp3) is 0.111. The molecule has 0 saturated heterocycles. The van der Waals surface area contributed by atoms with Gasteiger partial charge in [-0.15, -0.1) is 0 Å². The second-order valence-corrected chi connectivity index (χ2v) is 4.96. The Hall–Kier alpha value is -3.08. The van der Waals surface area contributed by atoms with Crippen molar-refractivity contribution in [2.45, 2.75) is 6.61 Å². The molecule has 2 aromatic carbocycles. The quantitative estimate of drug-likeness (QED) is 0.735. The van der Waals surface area contributed by atoms with Gasteiger partial charge in [0, 0.05) is 18.9 Å². The summed E-state index contributed by atoms with van der Waals surface area (Å²) in [5.74, 6) is -0.371. The van der Waals surface area contributed by atoms with Crippen LogP contribution in [0.25, 0.3) is 5.69 Å². The Labute approximate surface area is 134 Å². The normalized spacial score (nSPS) is 10.3. The highest BCUT2D eigenvalue weighted by molar-refractivity contribution is 5.95. The van der Waals surface area contributed by atoms with Crippen LogP contribution in [0.2, 0.25) is 0 Å². The summed E-state index contributed by atoms with van der Waals surface area (Å²) in [6, 6.07) is 18.9. The second kappa shape index (κ2) is 6.79. The minimum Gasteiger partial charge on any atom is -0.455 e. The van der Waals surface area contributed by atoms with Gasteiger partial charge in [-0.25, -0.2) is 9.48 Å². The van der Waals surface area contributed by atoms with E-state index in [4.69, 9.17) is 4.74 Å². The molecule has 1 heterocycles. The van der Waals surface area contributed by atoms with Crippen LogP contribution in [0.15, 0.2) is 66.9 Å². The molecule has 0 spiro atoms. The van der Waals surface area contributed by atoms with Crippen molar-refractivity contribution in [3.05, 3.63) is 78.1 Å². The Kier molecular flexibility index (Phi) is 4.38. The summed E-state index contributed by atoms with van der Waals surface area (Å²) < 4.78 is 7.11. The number of hydrogen-bond acceptors (Lipinski definition) is 4. The van der Waals surface area contributed by atoms with Crippen LogP contribution in [-0.4, -0.2) is 22.8 Å². The van der Waals surface area contributed by atoms with Crippen molar-refractivity contribution < 1.29 is 9.53 Å². The van der Waals surface area contributed by atoms with Crippen LogP contribution in [0.3, 0.4) is 0 Å². The molecule has 0 unspecified atom stereocenters. The molecule has 23 heavy (non-hydrogen) atoms. The maximum atomic E-state index is 12.2.